The molecule has 0 saturated heterocycles. The lowest BCUT2D eigenvalue weighted by Gasteiger charge is -2.29. The van der Waals surface area contributed by atoms with Crippen LogP contribution in [0.25, 0.3) is 0 Å². The number of thioether (sulfide) groups is 1. The Kier molecular flexibility index (Phi) is 9.31. The van der Waals surface area contributed by atoms with Crippen LogP contribution in [0.5, 0.6) is 0 Å². The first-order chi connectivity index (χ1) is 19.5. The van der Waals surface area contributed by atoms with Crippen molar-refractivity contribution in [2.45, 2.75) is 82.0 Å². The van der Waals surface area contributed by atoms with Gasteiger partial charge in [0.25, 0.3) is 5.91 Å². The predicted octanol–water partition coefficient (Wildman–Crippen LogP) is 4.74. The summed E-state index contributed by atoms with van der Waals surface area (Å²) < 4.78 is 0. The molecule has 2 atom stereocenters. The third-order valence-corrected chi connectivity index (χ3v) is 8.95. The maximum atomic E-state index is 13.6. The van der Waals surface area contributed by atoms with E-state index in [0.717, 1.165) is 48.9 Å². The van der Waals surface area contributed by atoms with Gasteiger partial charge >= 0.3 is 0 Å². The number of hydrogen-bond acceptors (Lipinski definition) is 6. The molecule has 0 spiro atoms. The summed E-state index contributed by atoms with van der Waals surface area (Å²) in [7, 11) is 0. The van der Waals surface area contributed by atoms with E-state index in [-0.39, 0.29) is 35.4 Å². The molecule has 1 aliphatic carbocycles. The van der Waals surface area contributed by atoms with Crippen molar-refractivity contribution in [1.29, 1.82) is 0 Å². The van der Waals surface area contributed by atoms with Gasteiger partial charge in [-0.15, -0.1) is 0 Å². The van der Waals surface area contributed by atoms with E-state index in [9.17, 15) is 14.4 Å². The molecule has 0 unspecified atom stereocenters. The third kappa shape index (κ3) is 6.63. The molecule has 40 heavy (non-hydrogen) atoms. The van der Waals surface area contributed by atoms with Crippen molar-refractivity contribution in [3.63, 3.8) is 0 Å². The zero-order valence-electron chi connectivity index (χ0n) is 23.0. The minimum atomic E-state index is -0.664. The summed E-state index contributed by atoms with van der Waals surface area (Å²) in [5.41, 5.74) is 2.68. The molecule has 0 bridgehead atoms. The number of nitrogens with zero attached hydrogens (tertiary/aromatic N) is 3. The van der Waals surface area contributed by atoms with Crippen LogP contribution in [0.15, 0.2) is 64.6 Å². The topological polar surface area (TPSA) is 103 Å². The van der Waals surface area contributed by atoms with E-state index >= 15 is 0 Å². The van der Waals surface area contributed by atoms with Crippen molar-refractivity contribution in [2.24, 2.45) is 9.98 Å². The molecule has 2 heterocycles. The fourth-order valence-electron chi connectivity index (χ4n) is 5.41. The van der Waals surface area contributed by atoms with Crippen molar-refractivity contribution in [1.82, 2.24) is 15.5 Å². The summed E-state index contributed by atoms with van der Waals surface area (Å²) in [5.74, 6) is 0.253. The molecule has 8 nitrogen and oxygen atoms in total. The number of carbonyl (C=O) groups is 3. The van der Waals surface area contributed by atoms with E-state index in [1.54, 1.807) is 4.90 Å². The van der Waals surface area contributed by atoms with Gasteiger partial charge in [0.15, 0.2) is 5.17 Å². The highest BCUT2D eigenvalue weighted by atomic mass is 32.2. The lowest BCUT2D eigenvalue weighted by molar-refractivity contribution is -0.125. The molecule has 1 fully saturated rings. The summed E-state index contributed by atoms with van der Waals surface area (Å²) in [6.45, 7) is 2.53. The Hall–Kier alpha value is -3.46. The van der Waals surface area contributed by atoms with Crippen LogP contribution in [0.1, 0.15) is 69.4 Å². The van der Waals surface area contributed by atoms with Crippen molar-refractivity contribution < 1.29 is 14.4 Å². The van der Waals surface area contributed by atoms with E-state index < -0.39 is 6.04 Å². The maximum Gasteiger partial charge on any atom is 0.259 e. The Bertz CT molecular complexity index is 1290. The number of aliphatic imine (C=N–C) groups is 2. The molecule has 0 aromatic heterocycles. The molecule has 3 amide bonds. The highest BCUT2D eigenvalue weighted by molar-refractivity contribution is 8.15. The van der Waals surface area contributed by atoms with Crippen LogP contribution in [0.2, 0.25) is 0 Å². The van der Waals surface area contributed by atoms with E-state index in [1.165, 1.54) is 18.2 Å². The van der Waals surface area contributed by atoms with Crippen LogP contribution in [-0.2, 0) is 20.8 Å². The second kappa shape index (κ2) is 13.3. The fraction of sp³-hybridized carbons (Fsp3) is 0.452. The number of carbonyl (C=O) groups excluding carboxylic acids is 3. The second-order valence-electron chi connectivity index (χ2n) is 10.5. The highest BCUT2D eigenvalue weighted by Crippen LogP contribution is 2.36. The highest BCUT2D eigenvalue weighted by Gasteiger charge is 2.42. The monoisotopic (exact) mass is 559 g/mol. The van der Waals surface area contributed by atoms with Gasteiger partial charge < -0.3 is 10.6 Å². The zero-order valence-corrected chi connectivity index (χ0v) is 23.8. The normalized spacial score (nSPS) is 19.3. The summed E-state index contributed by atoms with van der Waals surface area (Å²) in [6, 6.07) is 17.2. The zero-order chi connectivity index (χ0) is 27.9. The van der Waals surface area contributed by atoms with Crippen molar-refractivity contribution in [2.75, 3.05) is 6.54 Å². The number of fused-ring (bicyclic) bond motifs is 3. The first-order valence-electron chi connectivity index (χ1n) is 14.4. The number of rotatable bonds is 10. The quantitative estimate of drug-likeness (QED) is 0.439. The van der Waals surface area contributed by atoms with E-state index in [2.05, 4.69) is 10.6 Å². The molecule has 210 valence electrons. The Labute approximate surface area is 240 Å². The Morgan fingerprint density at radius 1 is 1.05 bits per heavy atom. The molecule has 9 heteroatoms. The molecule has 2 aromatic carbocycles. The van der Waals surface area contributed by atoms with Crippen LogP contribution in [0.3, 0.4) is 0 Å². The second-order valence-corrected chi connectivity index (χ2v) is 11.7. The molecule has 2 N–H and O–H groups in total. The summed E-state index contributed by atoms with van der Waals surface area (Å²) in [5, 5.41) is 6.29. The predicted molar refractivity (Wildman–Crippen MR) is 160 cm³/mol. The van der Waals surface area contributed by atoms with Gasteiger partial charge in [0.2, 0.25) is 11.8 Å². The lowest BCUT2D eigenvalue weighted by atomic mass is 9.95. The number of amides is 3. The van der Waals surface area contributed by atoms with Gasteiger partial charge in [0.05, 0.1) is 10.9 Å². The number of hydrogen-bond donors (Lipinski definition) is 2. The summed E-state index contributed by atoms with van der Waals surface area (Å²) in [4.78, 5) is 50.5. The number of benzene rings is 2. The largest absolute Gasteiger partial charge is 0.356 e. The smallest absolute Gasteiger partial charge is 0.259 e. The van der Waals surface area contributed by atoms with Crippen LogP contribution in [0.4, 0.5) is 5.69 Å². The van der Waals surface area contributed by atoms with Crippen molar-refractivity contribution in [3.05, 3.63) is 65.7 Å². The minimum Gasteiger partial charge on any atom is -0.356 e. The number of nitrogens with one attached hydrogen (secondary N) is 2. The maximum absolute atomic E-state index is 13.6. The van der Waals surface area contributed by atoms with E-state index in [1.807, 2.05) is 61.5 Å². The van der Waals surface area contributed by atoms with Crippen LogP contribution < -0.4 is 10.6 Å². The summed E-state index contributed by atoms with van der Waals surface area (Å²) >= 11 is 1.32. The van der Waals surface area contributed by atoms with Gasteiger partial charge in [0.1, 0.15) is 11.9 Å². The van der Waals surface area contributed by atoms with Gasteiger partial charge in [-0.05, 0) is 49.8 Å². The Morgan fingerprint density at radius 2 is 1.80 bits per heavy atom. The van der Waals surface area contributed by atoms with Gasteiger partial charge in [-0.2, -0.15) is 0 Å². The molecule has 3 aliphatic rings. The van der Waals surface area contributed by atoms with Crippen molar-refractivity contribution in [3.8, 4) is 0 Å². The van der Waals surface area contributed by atoms with Gasteiger partial charge in [-0.25, -0.2) is 9.89 Å². The fourth-order valence-corrected chi connectivity index (χ4v) is 6.44. The molecule has 2 aromatic rings. The lowest BCUT2D eigenvalue weighted by Crippen LogP contribution is -2.45. The van der Waals surface area contributed by atoms with Crippen LogP contribution >= 0.6 is 11.8 Å². The van der Waals surface area contributed by atoms with Crippen LogP contribution in [-0.4, -0.2) is 57.5 Å². The Morgan fingerprint density at radius 3 is 2.58 bits per heavy atom. The standard InChI is InChI=1S/C31H37N5O3S/c1-2-26(29(38)33-22-13-7-4-8-14-22)40-31-35-24-16-10-9-15-23(24)28-34-25(30(39)36(28)31)17-18-27(37)32-20-19-21-11-5-3-6-12-21/h3,5-6,9-12,15-16,22,25-26H,2,4,7-8,13-14,17-20H2,1H3,(H,32,37)(H,33,38)/t25-,26+/m0/s1. The SMILES string of the molecule is CC[C@@H](SC1=Nc2ccccc2C2=N[C@@H](CCC(=O)NCCc3ccccc3)C(=O)N12)C(=O)NC1CCCCC1. The average Bonchev–Trinajstić information content (AvgIpc) is 3.32. The molecule has 5 rings (SSSR count). The number of para-hydroxylation sites is 1. The average molecular weight is 560 g/mol. The first-order valence-corrected chi connectivity index (χ1v) is 15.3. The van der Waals surface area contributed by atoms with E-state index in [4.69, 9.17) is 9.98 Å². The Balaban J connectivity index is 1.24. The van der Waals surface area contributed by atoms with Gasteiger partial charge in [0, 0.05) is 24.6 Å². The first kappa shape index (κ1) is 28.1. The van der Waals surface area contributed by atoms with Gasteiger partial charge in [-0.3, -0.25) is 19.4 Å². The summed E-state index contributed by atoms with van der Waals surface area (Å²) in [6.07, 6.45) is 7.45. The third-order valence-electron chi connectivity index (χ3n) is 7.63. The molecular formula is C31H37N5O3S. The minimum absolute atomic E-state index is 0.00480. The van der Waals surface area contributed by atoms with Crippen LogP contribution in [0, 0.1) is 0 Å². The van der Waals surface area contributed by atoms with Crippen molar-refractivity contribution >= 4 is 46.2 Å². The van der Waals surface area contributed by atoms with Gasteiger partial charge in [-0.1, -0.05) is 80.4 Å². The molecular weight excluding hydrogens is 522 g/mol. The molecule has 1 saturated carbocycles. The molecule has 2 aliphatic heterocycles. The number of amidine groups is 2. The molecule has 0 radical (unpaired) electrons. The van der Waals surface area contributed by atoms with E-state index in [0.29, 0.717) is 30.4 Å².